The van der Waals surface area contributed by atoms with Crippen molar-refractivity contribution in [1.82, 2.24) is 0 Å². The first-order valence-electron chi connectivity index (χ1n) is 9.96. The number of nitrogens with zero attached hydrogens (tertiary/aromatic N) is 1. The molecule has 1 aliphatic carbocycles. The summed E-state index contributed by atoms with van der Waals surface area (Å²) in [6.07, 6.45) is -0.458. The first-order chi connectivity index (χ1) is 14.7. The number of methoxy groups -OCH3 is 1. The summed E-state index contributed by atoms with van der Waals surface area (Å²) in [6.45, 7) is 2.80. The highest BCUT2D eigenvalue weighted by Crippen LogP contribution is 2.59. The Morgan fingerprint density at radius 1 is 1.16 bits per heavy atom. The van der Waals surface area contributed by atoms with Gasteiger partial charge in [-0.2, -0.15) is 0 Å². The highest BCUT2D eigenvalue weighted by atomic mass is 16.6. The van der Waals surface area contributed by atoms with Crippen molar-refractivity contribution in [3.05, 3.63) is 75.8 Å². The number of benzene rings is 2. The van der Waals surface area contributed by atoms with Crippen molar-refractivity contribution in [2.75, 3.05) is 13.7 Å². The first-order valence-corrected chi connectivity index (χ1v) is 9.96. The van der Waals surface area contributed by atoms with E-state index in [2.05, 4.69) is 0 Å². The second kappa shape index (κ2) is 8.47. The van der Waals surface area contributed by atoms with Gasteiger partial charge in [-0.1, -0.05) is 42.5 Å². The summed E-state index contributed by atoms with van der Waals surface area (Å²) in [4.78, 5) is 38.0. The van der Waals surface area contributed by atoms with Crippen molar-refractivity contribution in [3.8, 4) is 5.75 Å². The van der Waals surface area contributed by atoms with Crippen LogP contribution in [0.15, 0.2) is 54.6 Å². The molecule has 1 N–H and O–H groups in total. The number of hydrogen-bond donors (Lipinski definition) is 1. The van der Waals surface area contributed by atoms with Crippen LogP contribution < -0.4 is 4.74 Å². The Morgan fingerprint density at radius 3 is 2.26 bits per heavy atom. The van der Waals surface area contributed by atoms with Gasteiger partial charge in [-0.25, -0.2) is 0 Å². The maximum atomic E-state index is 13.2. The minimum absolute atomic E-state index is 0.00388. The first kappa shape index (κ1) is 22.4. The molecular formula is C23H25NO7. The standard InChI is InChI=1S/C23H25NO7/c1-4-31-21(26)22(15(2)25)14-23(27,17-8-6-5-7-9-17)20(24(28)29)19(22)16-10-12-18(30-3)13-11-16/h5-13,19-20,27H,4,14H2,1-3H3/t19-,20-,22-,23-/m0/s1. The molecule has 164 valence electrons. The van der Waals surface area contributed by atoms with Gasteiger partial charge in [0.2, 0.25) is 0 Å². The smallest absolute Gasteiger partial charge is 0.320 e. The fourth-order valence-corrected chi connectivity index (χ4v) is 4.70. The van der Waals surface area contributed by atoms with Gasteiger partial charge in [0, 0.05) is 11.3 Å². The number of ether oxygens (including phenoxy) is 2. The summed E-state index contributed by atoms with van der Waals surface area (Å²) < 4.78 is 10.4. The molecule has 2 aromatic carbocycles. The normalized spacial score (nSPS) is 27.5. The van der Waals surface area contributed by atoms with Crippen LogP contribution in [-0.4, -0.2) is 41.5 Å². The molecule has 4 atom stereocenters. The van der Waals surface area contributed by atoms with E-state index in [0.29, 0.717) is 11.3 Å². The van der Waals surface area contributed by atoms with E-state index < -0.39 is 46.1 Å². The maximum Gasteiger partial charge on any atom is 0.320 e. The molecule has 0 aliphatic heterocycles. The monoisotopic (exact) mass is 427 g/mol. The van der Waals surface area contributed by atoms with Crippen molar-refractivity contribution in [3.63, 3.8) is 0 Å². The van der Waals surface area contributed by atoms with E-state index in [4.69, 9.17) is 9.47 Å². The van der Waals surface area contributed by atoms with Crippen LogP contribution in [0, 0.1) is 15.5 Å². The highest BCUT2D eigenvalue weighted by Gasteiger charge is 2.73. The Morgan fingerprint density at radius 2 is 1.77 bits per heavy atom. The lowest BCUT2D eigenvalue weighted by molar-refractivity contribution is -0.547. The van der Waals surface area contributed by atoms with Crippen LogP contribution in [0.2, 0.25) is 0 Å². The van der Waals surface area contributed by atoms with E-state index in [1.807, 2.05) is 0 Å². The van der Waals surface area contributed by atoms with Gasteiger partial charge in [-0.15, -0.1) is 0 Å². The number of esters is 1. The number of nitro groups is 1. The molecule has 2 aromatic rings. The third kappa shape index (κ3) is 3.57. The number of aliphatic hydroxyl groups is 1. The van der Waals surface area contributed by atoms with Crippen molar-refractivity contribution >= 4 is 11.8 Å². The third-order valence-electron chi connectivity index (χ3n) is 6.13. The molecule has 1 aliphatic rings. The van der Waals surface area contributed by atoms with E-state index in [1.54, 1.807) is 61.5 Å². The fraction of sp³-hybridized carbons (Fsp3) is 0.391. The van der Waals surface area contributed by atoms with Crippen LogP contribution >= 0.6 is 0 Å². The Bertz CT molecular complexity index is 975. The highest BCUT2D eigenvalue weighted by molar-refractivity contribution is 6.04. The van der Waals surface area contributed by atoms with Crippen LogP contribution in [0.1, 0.15) is 37.3 Å². The summed E-state index contributed by atoms with van der Waals surface area (Å²) in [5, 5.41) is 24.0. The third-order valence-corrected chi connectivity index (χ3v) is 6.13. The van der Waals surface area contributed by atoms with Gasteiger partial charge < -0.3 is 14.6 Å². The number of Topliss-reactive ketones (excluding diaryl/α,β-unsaturated/α-hetero) is 1. The van der Waals surface area contributed by atoms with Crippen LogP contribution in [0.25, 0.3) is 0 Å². The zero-order valence-electron chi connectivity index (χ0n) is 17.6. The largest absolute Gasteiger partial charge is 0.497 e. The SMILES string of the molecule is CCOC(=O)[C@]1(C(C)=O)C[C@](O)(c2ccccc2)[C@@H]([N+](=O)[O-])[C@@H]1c1ccc(OC)cc1. The van der Waals surface area contributed by atoms with Crippen molar-refractivity contribution < 1.29 is 29.1 Å². The molecule has 3 rings (SSSR count). The average molecular weight is 427 g/mol. The molecule has 0 heterocycles. The molecule has 0 saturated heterocycles. The molecule has 31 heavy (non-hydrogen) atoms. The van der Waals surface area contributed by atoms with Gasteiger partial charge in [-0.05, 0) is 37.1 Å². The lowest BCUT2D eigenvalue weighted by Crippen LogP contribution is -2.45. The molecule has 8 heteroatoms. The van der Waals surface area contributed by atoms with Gasteiger partial charge in [-0.3, -0.25) is 19.7 Å². The van der Waals surface area contributed by atoms with Gasteiger partial charge in [0.1, 0.15) is 16.9 Å². The second-order valence-corrected chi connectivity index (χ2v) is 7.70. The fourth-order valence-electron chi connectivity index (χ4n) is 4.70. The van der Waals surface area contributed by atoms with Gasteiger partial charge >= 0.3 is 5.97 Å². The minimum Gasteiger partial charge on any atom is -0.497 e. The summed E-state index contributed by atoms with van der Waals surface area (Å²) in [5.41, 5.74) is -3.35. The summed E-state index contributed by atoms with van der Waals surface area (Å²) in [7, 11) is 1.48. The number of ketones is 1. The van der Waals surface area contributed by atoms with Gasteiger partial charge in [0.25, 0.3) is 6.04 Å². The molecule has 0 amide bonds. The Balaban J connectivity index is 2.31. The Hall–Kier alpha value is -3.26. The van der Waals surface area contributed by atoms with Crippen LogP contribution in [-0.2, 0) is 19.9 Å². The molecule has 8 nitrogen and oxygen atoms in total. The minimum atomic E-state index is -2.06. The Labute approximate surface area is 179 Å². The molecule has 0 aromatic heterocycles. The molecular weight excluding hydrogens is 402 g/mol. The van der Waals surface area contributed by atoms with E-state index >= 15 is 0 Å². The van der Waals surface area contributed by atoms with E-state index in [-0.39, 0.29) is 12.2 Å². The van der Waals surface area contributed by atoms with E-state index in [9.17, 15) is 24.8 Å². The Kier molecular flexibility index (Phi) is 6.13. The molecule has 0 radical (unpaired) electrons. The molecule has 1 saturated carbocycles. The lowest BCUT2D eigenvalue weighted by Gasteiger charge is -2.30. The van der Waals surface area contributed by atoms with E-state index in [1.165, 1.54) is 14.0 Å². The number of carbonyl (C=O) groups is 2. The number of hydrogen-bond acceptors (Lipinski definition) is 7. The number of rotatable bonds is 7. The van der Waals surface area contributed by atoms with E-state index in [0.717, 1.165) is 0 Å². The molecule has 1 fully saturated rings. The average Bonchev–Trinajstić information content (AvgIpc) is 3.06. The van der Waals surface area contributed by atoms with Crippen LogP contribution in [0.4, 0.5) is 0 Å². The van der Waals surface area contributed by atoms with Gasteiger partial charge in [0.05, 0.1) is 19.6 Å². The second-order valence-electron chi connectivity index (χ2n) is 7.70. The van der Waals surface area contributed by atoms with Crippen LogP contribution in [0.5, 0.6) is 5.75 Å². The predicted octanol–water partition coefficient (Wildman–Crippen LogP) is 2.85. The quantitative estimate of drug-likeness (QED) is 0.313. The topological polar surface area (TPSA) is 116 Å². The van der Waals surface area contributed by atoms with Crippen molar-refractivity contribution in [2.45, 2.75) is 37.8 Å². The zero-order valence-corrected chi connectivity index (χ0v) is 17.6. The lowest BCUT2D eigenvalue weighted by atomic mass is 9.70. The summed E-state index contributed by atoms with van der Waals surface area (Å²) in [6, 6.07) is 12.8. The van der Waals surface area contributed by atoms with Crippen LogP contribution in [0.3, 0.4) is 0 Å². The zero-order chi connectivity index (χ0) is 22.8. The molecule has 0 spiro atoms. The number of carbonyl (C=O) groups excluding carboxylic acids is 2. The van der Waals surface area contributed by atoms with Gasteiger partial charge in [0.15, 0.2) is 5.60 Å². The summed E-state index contributed by atoms with van der Waals surface area (Å²) >= 11 is 0. The predicted molar refractivity (Wildman–Crippen MR) is 111 cm³/mol. The maximum absolute atomic E-state index is 13.2. The van der Waals surface area contributed by atoms with Crippen molar-refractivity contribution in [1.29, 1.82) is 0 Å². The summed E-state index contributed by atoms with van der Waals surface area (Å²) in [5.74, 6) is -2.19. The van der Waals surface area contributed by atoms with Crippen molar-refractivity contribution in [2.24, 2.45) is 5.41 Å². The molecule has 0 bridgehead atoms. The molecule has 0 unspecified atom stereocenters.